The molecule has 4 rings (SSSR count). The van der Waals surface area contributed by atoms with Gasteiger partial charge in [0, 0.05) is 25.0 Å². The second-order valence-corrected chi connectivity index (χ2v) is 10.5. The third-order valence-corrected chi connectivity index (χ3v) is 8.05. The molecular formula is C27H34N2O5S. The SMILES string of the molecule is COC(=O)c1sccc1N(C(=O)[C@H]1CC[C@H](C)CC1)C1CCN(C(=O)OCc2ccccc2)CC1. The normalized spacial score (nSPS) is 20.8. The van der Waals surface area contributed by atoms with Crippen molar-refractivity contribution >= 4 is 35.0 Å². The summed E-state index contributed by atoms with van der Waals surface area (Å²) in [6.45, 7) is 3.48. The number of carbonyl (C=O) groups excluding carboxylic acids is 3. The number of anilines is 1. The van der Waals surface area contributed by atoms with E-state index in [9.17, 15) is 14.4 Å². The molecule has 2 aliphatic rings. The minimum atomic E-state index is -0.424. The standard InChI is InChI=1S/C27H34N2O5S/c1-19-8-10-21(11-9-19)25(30)29(23-14-17-35-24(23)26(31)33-2)22-12-15-28(16-13-22)27(32)34-18-20-6-4-3-5-7-20/h3-7,14,17,19,21-22H,8-13,15-16,18H2,1-2H3/t19-,21-. The molecule has 2 fully saturated rings. The summed E-state index contributed by atoms with van der Waals surface area (Å²) in [7, 11) is 1.36. The summed E-state index contributed by atoms with van der Waals surface area (Å²) in [6.07, 6.45) is 4.76. The molecule has 0 N–H and O–H groups in total. The molecule has 0 radical (unpaired) electrons. The van der Waals surface area contributed by atoms with Crippen molar-refractivity contribution in [2.75, 3.05) is 25.1 Å². The van der Waals surface area contributed by atoms with Crippen LogP contribution < -0.4 is 4.90 Å². The van der Waals surface area contributed by atoms with E-state index < -0.39 is 5.97 Å². The van der Waals surface area contributed by atoms with E-state index in [-0.39, 0.29) is 30.6 Å². The van der Waals surface area contributed by atoms with Crippen molar-refractivity contribution in [2.45, 2.75) is 58.1 Å². The third kappa shape index (κ3) is 6.04. The smallest absolute Gasteiger partial charge is 0.410 e. The molecule has 8 heteroatoms. The van der Waals surface area contributed by atoms with Gasteiger partial charge in [-0.25, -0.2) is 9.59 Å². The molecule has 188 valence electrons. The van der Waals surface area contributed by atoms with Crippen LogP contribution in [0, 0.1) is 11.8 Å². The van der Waals surface area contributed by atoms with Gasteiger partial charge >= 0.3 is 12.1 Å². The summed E-state index contributed by atoms with van der Waals surface area (Å²) < 4.78 is 10.5. The van der Waals surface area contributed by atoms with E-state index in [1.807, 2.05) is 46.7 Å². The first-order valence-corrected chi connectivity index (χ1v) is 13.3. The van der Waals surface area contributed by atoms with Gasteiger partial charge in [0.05, 0.1) is 12.8 Å². The zero-order chi connectivity index (χ0) is 24.8. The third-order valence-electron chi connectivity index (χ3n) is 7.17. The maximum Gasteiger partial charge on any atom is 0.410 e. The van der Waals surface area contributed by atoms with Crippen LogP contribution in [0.15, 0.2) is 41.8 Å². The van der Waals surface area contributed by atoms with Gasteiger partial charge in [-0.1, -0.05) is 37.3 Å². The highest BCUT2D eigenvalue weighted by Crippen LogP contribution is 2.36. The summed E-state index contributed by atoms with van der Waals surface area (Å²) in [5.41, 5.74) is 1.58. The van der Waals surface area contributed by atoms with Crippen LogP contribution in [0.5, 0.6) is 0 Å². The average molecular weight is 499 g/mol. The number of thiophene rings is 1. The van der Waals surface area contributed by atoms with Crippen molar-refractivity contribution in [1.29, 1.82) is 0 Å². The Balaban J connectivity index is 1.45. The fourth-order valence-electron chi connectivity index (χ4n) is 5.05. The molecule has 1 aromatic carbocycles. The van der Waals surface area contributed by atoms with E-state index in [0.29, 0.717) is 42.4 Å². The van der Waals surface area contributed by atoms with Crippen molar-refractivity contribution in [1.82, 2.24) is 4.90 Å². The van der Waals surface area contributed by atoms with E-state index in [0.717, 1.165) is 31.2 Å². The number of ether oxygens (including phenoxy) is 2. The molecule has 1 saturated carbocycles. The van der Waals surface area contributed by atoms with Crippen LogP contribution in [0.3, 0.4) is 0 Å². The van der Waals surface area contributed by atoms with E-state index >= 15 is 0 Å². The fourth-order valence-corrected chi connectivity index (χ4v) is 5.85. The van der Waals surface area contributed by atoms with Gasteiger partial charge < -0.3 is 19.3 Å². The van der Waals surface area contributed by atoms with Crippen molar-refractivity contribution in [3.05, 3.63) is 52.2 Å². The molecular weight excluding hydrogens is 464 g/mol. The summed E-state index contributed by atoms with van der Waals surface area (Å²) in [5.74, 6) is 0.271. The monoisotopic (exact) mass is 498 g/mol. The minimum Gasteiger partial charge on any atom is -0.465 e. The molecule has 2 amide bonds. The second-order valence-electron chi connectivity index (χ2n) is 9.55. The Labute approximate surface area is 211 Å². The van der Waals surface area contributed by atoms with Gasteiger partial charge in [-0.3, -0.25) is 4.79 Å². The number of esters is 1. The van der Waals surface area contributed by atoms with Gasteiger partial charge in [0.1, 0.15) is 11.5 Å². The van der Waals surface area contributed by atoms with Gasteiger partial charge in [-0.15, -0.1) is 11.3 Å². The van der Waals surface area contributed by atoms with Gasteiger partial charge in [-0.05, 0) is 61.5 Å². The molecule has 35 heavy (non-hydrogen) atoms. The van der Waals surface area contributed by atoms with E-state index in [4.69, 9.17) is 9.47 Å². The number of nitrogens with zero attached hydrogens (tertiary/aromatic N) is 2. The largest absolute Gasteiger partial charge is 0.465 e. The number of piperidine rings is 1. The quantitative estimate of drug-likeness (QED) is 0.492. The first-order valence-electron chi connectivity index (χ1n) is 12.4. The van der Waals surface area contributed by atoms with Crippen LogP contribution >= 0.6 is 11.3 Å². The molecule has 1 aliphatic carbocycles. The Morgan fingerprint density at radius 3 is 2.34 bits per heavy atom. The van der Waals surface area contributed by atoms with Crippen LogP contribution in [0.4, 0.5) is 10.5 Å². The van der Waals surface area contributed by atoms with Gasteiger partial charge in [0.15, 0.2) is 0 Å². The highest BCUT2D eigenvalue weighted by Gasteiger charge is 2.37. The molecule has 0 atom stereocenters. The predicted molar refractivity (Wildman–Crippen MR) is 135 cm³/mol. The van der Waals surface area contributed by atoms with Crippen molar-refractivity contribution < 1.29 is 23.9 Å². The molecule has 1 saturated heterocycles. The lowest BCUT2D eigenvalue weighted by Gasteiger charge is -2.40. The van der Waals surface area contributed by atoms with E-state index in [1.54, 1.807) is 4.90 Å². The molecule has 0 unspecified atom stereocenters. The first kappa shape index (κ1) is 25.2. The summed E-state index contributed by atoms with van der Waals surface area (Å²) in [4.78, 5) is 42.9. The highest BCUT2D eigenvalue weighted by molar-refractivity contribution is 7.12. The maximum atomic E-state index is 13.8. The molecule has 1 aliphatic heterocycles. The Kier molecular flexibility index (Phi) is 8.44. The Morgan fingerprint density at radius 2 is 1.69 bits per heavy atom. The zero-order valence-electron chi connectivity index (χ0n) is 20.5. The molecule has 2 aromatic rings. The van der Waals surface area contributed by atoms with Gasteiger partial charge in [0.25, 0.3) is 0 Å². The summed E-state index contributed by atoms with van der Waals surface area (Å²) >= 11 is 1.30. The lowest BCUT2D eigenvalue weighted by atomic mass is 9.82. The number of amides is 2. The number of likely N-dealkylation sites (tertiary alicyclic amines) is 1. The number of carbonyl (C=O) groups is 3. The summed E-state index contributed by atoms with van der Waals surface area (Å²) in [5, 5.41) is 1.83. The number of benzene rings is 1. The van der Waals surface area contributed by atoms with Crippen LogP contribution in [0.1, 0.15) is 60.7 Å². The van der Waals surface area contributed by atoms with Crippen LogP contribution in [-0.2, 0) is 20.9 Å². The van der Waals surface area contributed by atoms with Crippen LogP contribution in [-0.4, -0.2) is 49.1 Å². The van der Waals surface area contributed by atoms with Crippen molar-refractivity contribution in [3.8, 4) is 0 Å². The van der Waals surface area contributed by atoms with Gasteiger partial charge in [-0.2, -0.15) is 0 Å². The number of hydrogen-bond acceptors (Lipinski definition) is 6. The lowest BCUT2D eigenvalue weighted by Crippen LogP contribution is -2.51. The second kappa shape index (κ2) is 11.7. The highest BCUT2D eigenvalue weighted by atomic mass is 32.1. The Bertz CT molecular complexity index is 1010. The van der Waals surface area contributed by atoms with Gasteiger partial charge in [0.2, 0.25) is 5.91 Å². The number of methoxy groups -OCH3 is 1. The van der Waals surface area contributed by atoms with Crippen LogP contribution in [0.2, 0.25) is 0 Å². The predicted octanol–water partition coefficient (Wildman–Crippen LogP) is 5.50. The topological polar surface area (TPSA) is 76.2 Å². The molecule has 2 heterocycles. The lowest BCUT2D eigenvalue weighted by molar-refractivity contribution is -0.124. The van der Waals surface area contributed by atoms with E-state index in [2.05, 4.69) is 6.92 Å². The first-order chi connectivity index (χ1) is 17.0. The zero-order valence-corrected chi connectivity index (χ0v) is 21.3. The van der Waals surface area contributed by atoms with E-state index in [1.165, 1.54) is 18.4 Å². The molecule has 0 bridgehead atoms. The average Bonchev–Trinajstić information content (AvgIpc) is 3.37. The Hall–Kier alpha value is -2.87. The summed E-state index contributed by atoms with van der Waals surface area (Å²) in [6, 6.07) is 11.4. The maximum absolute atomic E-state index is 13.8. The molecule has 1 aromatic heterocycles. The van der Waals surface area contributed by atoms with Crippen LogP contribution in [0.25, 0.3) is 0 Å². The number of hydrogen-bond donors (Lipinski definition) is 0. The van der Waals surface area contributed by atoms with Crippen molar-refractivity contribution in [3.63, 3.8) is 0 Å². The fraction of sp³-hybridized carbons (Fsp3) is 0.519. The minimum absolute atomic E-state index is 0.0366. The molecule has 7 nitrogen and oxygen atoms in total. The van der Waals surface area contributed by atoms with Crippen molar-refractivity contribution in [2.24, 2.45) is 11.8 Å². The molecule has 0 spiro atoms. The number of rotatable bonds is 6. The Morgan fingerprint density at radius 1 is 1.00 bits per heavy atom.